The van der Waals surface area contributed by atoms with E-state index in [0.717, 1.165) is 16.3 Å². The second-order valence-electron chi connectivity index (χ2n) is 6.32. The molecule has 0 aliphatic carbocycles. The van der Waals surface area contributed by atoms with Crippen LogP contribution in [0.1, 0.15) is 10.4 Å². The van der Waals surface area contributed by atoms with Crippen LogP contribution in [0.3, 0.4) is 0 Å². The number of carbonyl (C=O) groups is 1. The van der Waals surface area contributed by atoms with Gasteiger partial charge in [-0.25, -0.2) is 0 Å². The fraction of sp³-hybridized carbons (Fsp3) is 0.100. The standard InChI is InChI=1S/C20H15Cl2N3O2/c1-25-19-14(13-6-10(18(26)9-23)2-5-17(13)24-19)8-15(20(25)27)12-4-3-11(21)7-16(12)22/h2-8,24H,9,23H2,1H3. The van der Waals surface area contributed by atoms with E-state index >= 15 is 0 Å². The van der Waals surface area contributed by atoms with Gasteiger partial charge in [-0.05, 0) is 36.4 Å². The molecule has 5 nitrogen and oxygen atoms in total. The van der Waals surface area contributed by atoms with E-state index in [1.54, 1.807) is 48.0 Å². The summed E-state index contributed by atoms with van der Waals surface area (Å²) in [7, 11) is 1.69. The lowest BCUT2D eigenvalue weighted by Gasteiger charge is -2.08. The molecule has 0 saturated heterocycles. The molecule has 0 atom stereocenters. The van der Waals surface area contributed by atoms with Crippen LogP contribution in [0.25, 0.3) is 33.1 Å². The van der Waals surface area contributed by atoms with E-state index in [-0.39, 0.29) is 17.9 Å². The molecule has 0 unspecified atom stereocenters. The van der Waals surface area contributed by atoms with Crippen molar-refractivity contribution < 1.29 is 4.79 Å². The van der Waals surface area contributed by atoms with Gasteiger partial charge >= 0.3 is 0 Å². The first-order chi connectivity index (χ1) is 12.9. The van der Waals surface area contributed by atoms with Gasteiger partial charge in [0.25, 0.3) is 5.56 Å². The van der Waals surface area contributed by atoms with E-state index in [9.17, 15) is 9.59 Å². The monoisotopic (exact) mass is 399 g/mol. The Balaban J connectivity index is 2.07. The van der Waals surface area contributed by atoms with Crippen molar-refractivity contribution in [2.45, 2.75) is 0 Å². The van der Waals surface area contributed by atoms with E-state index in [2.05, 4.69) is 4.98 Å². The number of rotatable bonds is 3. The number of halogens is 2. The molecule has 4 rings (SSSR count). The Kier molecular flexibility index (Phi) is 4.30. The number of hydrogen-bond donors (Lipinski definition) is 2. The van der Waals surface area contributed by atoms with Crippen LogP contribution in [0.4, 0.5) is 0 Å². The minimum absolute atomic E-state index is 0.0576. The first-order valence-electron chi connectivity index (χ1n) is 8.25. The van der Waals surface area contributed by atoms with Gasteiger partial charge in [0.2, 0.25) is 0 Å². The van der Waals surface area contributed by atoms with Crippen molar-refractivity contribution in [1.29, 1.82) is 0 Å². The Morgan fingerprint density at radius 1 is 1.07 bits per heavy atom. The van der Waals surface area contributed by atoms with Crippen molar-refractivity contribution in [2.24, 2.45) is 12.8 Å². The summed E-state index contributed by atoms with van der Waals surface area (Å²) < 4.78 is 1.54. The number of fused-ring (bicyclic) bond motifs is 3. The zero-order valence-electron chi connectivity index (χ0n) is 14.3. The maximum absolute atomic E-state index is 12.9. The number of carbonyl (C=O) groups excluding carboxylic acids is 1. The average Bonchev–Trinajstić information content (AvgIpc) is 3.02. The van der Waals surface area contributed by atoms with Gasteiger partial charge in [-0.1, -0.05) is 29.3 Å². The number of nitrogens with two attached hydrogens (primary N) is 1. The van der Waals surface area contributed by atoms with Gasteiger partial charge in [-0.3, -0.25) is 14.2 Å². The van der Waals surface area contributed by atoms with Crippen LogP contribution in [0, 0.1) is 0 Å². The smallest absolute Gasteiger partial charge is 0.259 e. The molecule has 27 heavy (non-hydrogen) atoms. The number of benzene rings is 2. The van der Waals surface area contributed by atoms with Crippen molar-refractivity contribution in [3.63, 3.8) is 0 Å². The minimum Gasteiger partial charge on any atom is -0.341 e. The number of pyridine rings is 1. The summed E-state index contributed by atoms with van der Waals surface area (Å²) in [4.78, 5) is 28.1. The summed E-state index contributed by atoms with van der Waals surface area (Å²) >= 11 is 12.3. The number of aromatic nitrogens is 2. The second kappa shape index (κ2) is 6.53. The largest absolute Gasteiger partial charge is 0.341 e. The summed E-state index contributed by atoms with van der Waals surface area (Å²) in [6.07, 6.45) is 0. The molecule has 0 amide bonds. The first kappa shape index (κ1) is 17.8. The lowest BCUT2D eigenvalue weighted by atomic mass is 10.0. The predicted octanol–water partition coefficient (Wildman–Crippen LogP) is 4.14. The summed E-state index contributed by atoms with van der Waals surface area (Å²) in [5.74, 6) is -0.142. The number of aromatic amines is 1. The molecular formula is C20H15Cl2N3O2. The Morgan fingerprint density at radius 3 is 2.56 bits per heavy atom. The van der Waals surface area contributed by atoms with E-state index in [0.29, 0.717) is 32.4 Å². The fourth-order valence-corrected chi connectivity index (χ4v) is 3.80. The van der Waals surface area contributed by atoms with E-state index in [4.69, 9.17) is 28.9 Å². The third-order valence-corrected chi connectivity index (χ3v) is 5.25. The lowest BCUT2D eigenvalue weighted by Crippen LogP contribution is -2.19. The van der Waals surface area contributed by atoms with E-state index in [1.807, 2.05) is 6.07 Å². The topological polar surface area (TPSA) is 80.9 Å². The van der Waals surface area contributed by atoms with Crippen molar-refractivity contribution >= 4 is 50.9 Å². The highest BCUT2D eigenvalue weighted by Crippen LogP contribution is 2.32. The number of aryl methyl sites for hydroxylation is 1. The first-order valence-corrected chi connectivity index (χ1v) is 9.00. The average molecular weight is 400 g/mol. The molecule has 2 aromatic heterocycles. The highest BCUT2D eigenvalue weighted by atomic mass is 35.5. The van der Waals surface area contributed by atoms with Crippen molar-refractivity contribution in [3.8, 4) is 11.1 Å². The summed E-state index contributed by atoms with van der Waals surface area (Å²) in [5.41, 5.74) is 8.39. The Hall–Kier alpha value is -2.60. The van der Waals surface area contributed by atoms with Gasteiger partial charge in [0.15, 0.2) is 5.78 Å². The zero-order valence-corrected chi connectivity index (χ0v) is 15.9. The molecule has 0 saturated carbocycles. The quantitative estimate of drug-likeness (QED) is 0.508. The molecule has 136 valence electrons. The summed E-state index contributed by atoms with van der Waals surface area (Å²) in [5, 5.41) is 2.56. The number of ketones is 1. The molecule has 0 aliphatic heterocycles. The number of Topliss-reactive ketones (excluding diaryl/α,β-unsaturated/α-hetero) is 1. The van der Waals surface area contributed by atoms with E-state index in [1.165, 1.54) is 0 Å². The highest BCUT2D eigenvalue weighted by Gasteiger charge is 2.16. The molecule has 2 aromatic carbocycles. The van der Waals surface area contributed by atoms with Gasteiger partial charge in [0, 0.05) is 45.0 Å². The Labute approximate surface area is 164 Å². The summed E-state index contributed by atoms with van der Waals surface area (Å²) in [6, 6.07) is 12.2. The minimum atomic E-state index is -0.184. The normalized spacial score (nSPS) is 11.4. The molecule has 3 N–H and O–H groups in total. The molecule has 4 aromatic rings. The summed E-state index contributed by atoms with van der Waals surface area (Å²) in [6.45, 7) is -0.0576. The van der Waals surface area contributed by atoms with Gasteiger partial charge < -0.3 is 10.7 Å². The molecule has 0 bridgehead atoms. The Morgan fingerprint density at radius 2 is 1.85 bits per heavy atom. The number of hydrogen-bond acceptors (Lipinski definition) is 3. The molecule has 2 heterocycles. The van der Waals surface area contributed by atoms with Gasteiger partial charge in [0.1, 0.15) is 5.65 Å². The fourth-order valence-electron chi connectivity index (χ4n) is 3.29. The SMILES string of the molecule is Cn1c(=O)c(-c2ccc(Cl)cc2Cl)cc2c3cc(C(=O)CN)ccc3[nH]c21. The lowest BCUT2D eigenvalue weighted by molar-refractivity contribution is 0.100. The number of nitrogens with one attached hydrogen (secondary N) is 1. The third-order valence-electron chi connectivity index (χ3n) is 4.71. The van der Waals surface area contributed by atoms with Crippen LogP contribution in [-0.2, 0) is 7.05 Å². The molecule has 0 radical (unpaired) electrons. The maximum atomic E-state index is 12.9. The van der Waals surface area contributed by atoms with Gasteiger partial charge in [-0.15, -0.1) is 0 Å². The molecular weight excluding hydrogens is 385 g/mol. The van der Waals surface area contributed by atoms with Crippen molar-refractivity contribution in [3.05, 3.63) is 68.4 Å². The van der Waals surface area contributed by atoms with Gasteiger partial charge in [0.05, 0.1) is 11.6 Å². The second-order valence-corrected chi connectivity index (χ2v) is 7.16. The molecule has 0 fully saturated rings. The van der Waals surface area contributed by atoms with Crippen molar-refractivity contribution in [2.75, 3.05) is 6.54 Å². The molecule has 7 heteroatoms. The van der Waals surface area contributed by atoms with Crippen LogP contribution in [0.5, 0.6) is 0 Å². The third kappa shape index (κ3) is 2.84. The number of nitrogens with zero attached hydrogens (tertiary/aromatic N) is 1. The zero-order chi connectivity index (χ0) is 19.3. The van der Waals surface area contributed by atoms with E-state index < -0.39 is 0 Å². The van der Waals surface area contributed by atoms with Crippen molar-refractivity contribution in [1.82, 2.24) is 9.55 Å². The predicted molar refractivity (Wildman–Crippen MR) is 110 cm³/mol. The molecule has 0 aliphatic rings. The van der Waals surface area contributed by atoms with Crippen LogP contribution in [-0.4, -0.2) is 21.9 Å². The van der Waals surface area contributed by atoms with Crippen LogP contribution in [0.2, 0.25) is 10.0 Å². The van der Waals surface area contributed by atoms with Crippen LogP contribution >= 0.6 is 23.2 Å². The Bertz CT molecular complexity index is 1290. The van der Waals surface area contributed by atoms with Gasteiger partial charge in [-0.2, -0.15) is 0 Å². The molecule has 0 spiro atoms. The van der Waals surface area contributed by atoms with Crippen LogP contribution < -0.4 is 11.3 Å². The number of H-pyrrole nitrogens is 1. The highest BCUT2D eigenvalue weighted by molar-refractivity contribution is 6.36. The maximum Gasteiger partial charge on any atom is 0.259 e. The van der Waals surface area contributed by atoms with Crippen LogP contribution in [0.15, 0.2) is 47.3 Å².